The summed E-state index contributed by atoms with van der Waals surface area (Å²) in [7, 11) is 0. The number of benzene rings is 2. The van der Waals surface area contributed by atoms with Crippen molar-refractivity contribution < 1.29 is 4.52 Å². The van der Waals surface area contributed by atoms with E-state index in [2.05, 4.69) is 36.7 Å². The molecule has 3 rings (SSSR count). The van der Waals surface area contributed by atoms with Crippen LogP contribution in [0.3, 0.4) is 0 Å². The zero-order chi connectivity index (χ0) is 17.8. The fourth-order valence-electron chi connectivity index (χ4n) is 2.07. The summed E-state index contributed by atoms with van der Waals surface area (Å²) in [6.07, 6.45) is 0. The van der Waals surface area contributed by atoms with Gasteiger partial charge >= 0.3 is 0 Å². The molecule has 1 aromatic heterocycles. The molecule has 0 aliphatic carbocycles. The van der Waals surface area contributed by atoms with Gasteiger partial charge in [-0.25, -0.2) is 0 Å². The molecule has 0 bridgehead atoms. The number of aromatic nitrogens is 2. The molecule has 0 amide bonds. The maximum absolute atomic E-state index is 6.10. The SMILES string of the molecule is Cc1ccc(NC(=S)NCc2nc(-c3cccc(Br)c3)no2)cc1Cl. The van der Waals surface area contributed by atoms with Crippen LogP contribution in [0.4, 0.5) is 5.69 Å². The van der Waals surface area contributed by atoms with E-state index in [0.29, 0.717) is 28.4 Å². The van der Waals surface area contributed by atoms with Crippen molar-refractivity contribution in [2.24, 2.45) is 0 Å². The molecule has 0 radical (unpaired) electrons. The number of rotatable bonds is 4. The molecule has 0 atom stereocenters. The molecule has 0 spiro atoms. The molecule has 0 aliphatic heterocycles. The van der Waals surface area contributed by atoms with Crippen LogP contribution in [-0.4, -0.2) is 15.3 Å². The van der Waals surface area contributed by atoms with Gasteiger partial charge in [0.05, 0.1) is 6.54 Å². The van der Waals surface area contributed by atoms with E-state index < -0.39 is 0 Å². The summed E-state index contributed by atoms with van der Waals surface area (Å²) in [5.74, 6) is 0.975. The fourth-order valence-corrected chi connectivity index (χ4v) is 2.84. The van der Waals surface area contributed by atoms with Crippen LogP contribution in [0.2, 0.25) is 5.02 Å². The molecule has 128 valence electrons. The van der Waals surface area contributed by atoms with Gasteiger partial charge in [0, 0.05) is 20.7 Å². The van der Waals surface area contributed by atoms with Gasteiger partial charge in [-0.05, 0) is 49.0 Å². The lowest BCUT2D eigenvalue weighted by atomic mass is 10.2. The lowest BCUT2D eigenvalue weighted by Gasteiger charge is -2.09. The lowest BCUT2D eigenvalue weighted by Crippen LogP contribution is -2.28. The first-order chi connectivity index (χ1) is 12.0. The van der Waals surface area contributed by atoms with Gasteiger partial charge in [-0.15, -0.1) is 0 Å². The molecule has 0 aliphatic rings. The van der Waals surface area contributed by atoms with Gasteiger partial charge in [0.15, 0.2) is 5.11 Å². The third-order valence-corrected chi connectivity index (χ3v) is 4.53. The van der Waals surface area contributed by atoms with E-state index in [1.54, 1.807) is 0 Å². The number of hydrogen-bond donors (Lipinski definition) is 2. The molecule has 5 nitrogen and oxygen atoms in total. The van der Waals surface area contributed by atoms with Gasteiger partial charge < -0.3 is 15.2 Å². The summed E-state index contributed by atoms with van der Waals surface area (Å²) in [6.45, 7) is 2.27. The van der Waals surface area contributed by atoms with Crippen LogP contribution in [0.5, 0.6) is 0 Å². The summed E-state index contributed by atoms with van der Waals surface area (Å²) < 4.78 is 6.20. The van der Waals surface area contributed by atoms with Crippen LogP contribution >= 0.6 is 39.7 Å². The first-order valence-corrected chi connectivity index (χ1v) is 8.99. The second-order valence-electron chi connectivity index (χ2n) is 5.29. The number of nitrogens with zero attached hydrogens (tertiary/aromatic N) is 2. The Morgan fingerprint density at radius 1 is 1.28 bits per heavy atom. The standard InChI is InChI=1S/C17H14BrClN4OS/c1-10-5-6-13(8-14(10)19)21-17(25)20-9-15-22-16(23-24-15)11-3-2-4-12(18)7-11/h2-8H,9H2,1H3,(H2,20,21,25). The highest BCUT2D eigenvalue weighted by Gasteiger charge is 2.09. The van der Waals surface area contributed by atoms with Crippen molar-refractivity contribution >= 4 is 50.5 Å². The highest BCUT2D eigenvalue weighted by Crippen LogP contribution is 2.21. The first kappa shape index (κ1) is 17.8. The summed E-state index contributed by atoms with van der Waals surface area (Å²) in [5.41, 5.74) is 2.70. The number of halogens is 2. The van der Waals surface area contributed by atoms with Crippen LogP contribution in [-0.2, 0) is 6.54 Å². The van der Waals surface area contributed by atoms with Gasteiger partial charge in [-0.2, -0.15) is 4.98 Å². The van der Waals surface area contributed by atoms with Crippen molar-refractivity contribution in [3.8, 4) is 11.4 Å². The predicted octanol–water partition coefficient (Wildman–Crippen LogP) is 4.95. The molecular weight excluding hydrogens is 424 g/mol. The molecule has 0 fully saturated rings. The summed E-state index contributed by atoms with van der Waals surface area (Å²) in [6, 6.07) is 13.4. The van der Waals surface area contributed by atoms with Crippen molar-refractivity contribution in [3.63, 3.8) is 0 Å². The number of anilines is 1. The fraction of sp³-hybridized carbons (Fsp3) is 0.118. The van der Waals surface area contributed by atoms with Gasteiger partial charge in [-0.1, -0.05) is 50.9 Å². The van der Waals surface area contributed by atoms with E-state index in [-0.39, 0.29) is 0 Å². The lowest BCUT2D eigenvalue weighted by molar-refractivity contribution is 0.376. The highest BCUT2D eigenvalue weighted by atomic mass is 79.9. The Labute approximate surface area is 163 Å². The first-order valence-electron chi connectivity index (χ1n) is 7.41. The van der Waals surface area contributed by atoms with Crippen molar-refractivity contribution in [2.75, 3.05) is 5.32 Å². The predicted molar refractivity (Wildman–Crippen MR) is 107 cm³/mol. The van der Waals surface area contributed by atoms with Crippen molar-refractivity contribution in [3.05, 3.63) is 63.4 Å². The largest absolute Gasteiger partial charge is 0.353 e. The molecule has 1 heterocycles. The number of nitrogens with one attached hydrogen (secondary N) is 2. The molecule has 3 aromatic rings. The molecule has 0 saturated carbocycles. The van der Waals surface area contributed by atoms with Gasteiger partial charge in [0.1, 0.15) is 0 Å². The highest BCUT2D eigenvalue weighted by molar-refractivity contribution is 9.10. The monoisotopic (exact) mass is 436 g/mol. The van der Waals surface area contributed by atoms with Crippen molar-refractivity contribution in [2.45, 2.75) is 13.5 Å². The Kier molecular flexibility index (Phi) is 5.67. The van der Waals surface area contributed by atoms with E-state index in [4.69, 9.17) is 28.3 Å². The minimum atomic E-state index is 0.326. The maximum atomic E-state index is 6.10. The third-order valence-electron chi connectivity index (χ3n) is 3.38. The number of hydrogen-bond acceptors (Lipinski definition) is 4. The third kappa shape index (κ3) is 4.78. The summed E-state index contributed by atoms with van der Waals surface area (Å²) in [4.78, 5) is 4.36. The zero-order valence-corrected chi connectivity index (χ0v) is 16.4. The molecule has 0 saturated heterocycles. The number of aryl methyl sites for hydroxylation is 1. The Morgan fingerprint density at radius 2 is 2.12 bits per heavy atom. The quantitative estimate of drug-likeness (QED) is 0.563. The molecular formula is C17H14BrClN4OS. The Bertz CT molecular complexity index is 915. The van der Waals surface area contributed by atoms with E-state index in [0.717, 1.165) is 21.3 Å². The summed E-state index contributed by atoms with van der Waals surface area (Å²) >= 11 is 14.8. The van der Waals surface area contributed by atoms with Crippen LogP contribution in [0.1, 0.15) is 11.5 Å². The van der Waals surface area contributed by atoms with Gasteiger partial charge in [0.2, 0.25) is 11.7 Å². The minimum Gasteiger partial charge on any atom is -0.353 e. The average molecular weight is 438 g/mol. The zero-order valence-electron chi connectivity index (χ0n) is 13.2. The van der Waals surface area contributed by atoms with Crippen molar-refractivity contribution in [1.82, 2.24) is 15.5 Å². The van der Waals surface area contributed by atoms with E-state index in [1.165, 1.54) is 0 Å². The summed E-state index contributed by atoms with van der Waals surface area (Å²) in [5, 5.41) is 11.2. The van der Waals surface area contributed by atoms with Gasteiger partial charge in [0.25, 0.3) is 0 Å². The van der Waals surface area contributed by atoms with Crippen LogP contribution in [0.15, 0.2) is 51.5 Å². The minimum absolute atomic E-state index is 0.326. The molecule has 8 heteroatoms. The maximum Gasteiger partial charge on any atom is 0.246 e. The molecule has 2 aromatic carbocycles. The molecule has 25 heavy (non-hydrogen) atoms. The Balaban J connectivity index is 1.58. The Hall–Kier alpha value is -1.96. The van der Waals surface area contributed by atoms with Gasteiger partial charge in [-0.3, -0.25) is 0 Å². The van der Waals surface area contributed by atoms with E-state index in [1.807, 2.05) is 49.4 Å². The van der Waals surface area contributed by atoms with Crippen molar-refractivity contribution in [1.29, 1.82) is 0 Å². The van der Waals surface area contributed by atoms with Crippen LogP contribution in [0.25, 0.3) is 11.4 Å². The van der Waals surface area contributed by atoms with E-state index >= 15 is 0 Å². The topological polar surface area (TPSA) is 63.0 Å². The van der Waals surface area contributed by atoms with Crippen LogP contribution in [0, 0.1) is 6.92 Å². The molecule has 2 N–H and O–H groups in total. The molecule has 0 unspecified atom stereocenters. The number of thiocarbonyl (C=S) groups is 1. The smallest absolute Gasteiger partial charge is 0.246 e. The van der Waals surface area contributed by atoms with E-state index in [9.17, 15) is 0 Å². The van der Waals surface area contributed by atoms with Crippen LogP contribution < -0.4 is 10.6 Å². The second-order valence-corrected chi connectivity index (χ2v) is 7.02. The second kappa shape index (κ2) is 7.95. The Morgan fingerprint density at radius 3 is 2.88 bits per heavy atom. The normalized spacial score (nSPS) is 10.5. The average Bonchev–Trinajstić information content (AvgIpc) is 3.05.